The predicted octanol–water partition coefficient (Wildman–Crippen LogP) is 4.29. The van der Waals surface area contributed by atoms with E-state index in [9.17, 15) is 13.2 Å². The normalized spacial score (nSPS) is 12.3. The van der Waals surface area contributed by atoms with Crippen molar-refractivity contribution < 1.29 is 22.7 Å². The molecule has 0 aliphatic rings. The highest BCUT2D eigenvalue weighted by molar-refractivity contribution is 7.89. The second kappa shape index (κ2) is 10.2. The number of aromatic nitrogens is 1. The number of benzene rings is 3. The molecule has 0 spiro atoms. The van der Waals surface area contributed by atoms with Crippen LogP contribution in [0.2, 0.25) is 0 Å². The van der Waals surface area contributed by atoms with Crippen molar-refractivity contribution in [1.82, 2.24) is 10.3 Å². The number of aromatic amines is 1. The molecule has 8 heteroatoms. The van der Waals surface area contributed by atoms with Crippen molar-refractivity contribution in [2.45, 2.75) is 11.7 Å². The Morgan fingerprint density at radius 2 is 1.69 bits per heavy atom. The smallest absolute Gasteiger partial charge is 0.251 e. The summed E-state index contributed by atoms with van der Waals surface area (Å²) in [5.74, 6) is 0.701. The van der Waals surface area contributed by atoms with E-state index < -0.39 is 9.84 Å². The SMILES string of the molecule is COc1cccc([C@H](CNC(=O)c2ccc(CS(C)(=O)=O)cc2)c2c[nH]c3ccccc23)c1OC. The van der Waals surface area contributed by atoms with E-state index in [1.165, 1.54) is 6.26 Å². The van der Waals surface area contributed by atoms with Gasteiger partial charge in [0.2, 0.25) is 0 Å². The first-order valence-electron chi connectivity index (χ1n) is 11.1. The highest BCUT2D eigenvalue weighted by atomic mass is 32.2. The molecule has 4 rings (SSSR count). The summed E-state index contributed by atoms with van der Waals surface area (Å²) in [6.07, 6.45) is 3.14. The van der Waals surface area contributed by atoms with Gasteiger partial charge in [0.15, 0.2) is 21.3 Å². The first-order valence-corrected chi connectivity index (χ1v) is 13.2. The van der Waals surface area contributed by atoms with E-state index in [0.29, 0.717) is 29.2 Å². The number of fused-ring (bicyclic) bond motifs is 1. The number of hydrogen-bond acceptors (Lipinski definition) is 5. The maximum atomic E-state index is 13.0. The van der Waals surface area contributed by atoms with Crippen molar-refractivity contribution in [3.05, 3.63) is 95.2 Å². The van der Waals surface area contributed by atoms with E-state index >= 15 is 0 Å². The first-order chi connectivity index (χ1) is 16.8. The zero-order valence-electron chi connectivity index (χ0n) is 19.9. The molecule has 0 radical (unpaired) electrons. The van der Waals surface area contributed by atoms with Crippen LogP contribution >= 0.6 is 0 Å². The van der Waals surface area contributed by atoms with Gasteiger partial charge in [-0.15, -0.1) is 0 Å². The second-order valence-electron chi connectivity index (χ2n) is 8.40. The van der Waals surface area contributed by atoms with Crippen LogP contribution in [0.3, 0.4) is 0 Å². The van der Waals surface area contributed by atoms with Crippen LogP contribution in [0.25, 0.3) is 10.9 Å². The first kappa shape index (κ1) is 24.3. The van der Waals surface area contributed by atoms with Crippen LogP contribution in [0.1, 0.15) is 33.0 Å². The van der Waals surface area contributed by atoms with E-state index in [4.69, 9.17) is 9.47 Å². The Hall–Kier alpha value is -3.78. The fraction of sp³-hybridized carbons (Fsp3) is 0.222. The fourth-order valence-corrected chi connectivity index (χ4v) is 5.11. The van der Waals surface area contributed by atoms with Gasteiger partial charge in [0.1, 0.15) is 0 Å². The highest BCUT2D eigenvalue weighted by Gasteiger charge is 2.24. The Labute approximate surface area is 205 Å². The Kier molecular flexibility index (Phi) is 7.12. The van der Waals surface area contributed by atoms with Gasteiger partial charge in [0, 0.05) is 46.9 Å². The van der Waals surface area contributed by atoms with Gasteiger partial charge in [-0.1, -0.05) is 42.5 Å². The Morgan fingerprint density at radius 3 is 2.37 bits per heavy atom. The minimum absolute atomic E-state index is 0.0623. The molecule has 1 aromatic heterocycles. The summed E-state index contributed by atoms with van der Waals surface area (Å²) in [5.41, 5.74) is 4.01. The summed E-state index contributed by atoms with van der Waals surface area (Å²) < 4.78 is 34.3. The van der Waals surface area contributed by atoms with Crippen LogP contribution in [0.5, 0.6) is 11.5 Å². The molecule has 1 atom stereocenters. The van der Waals surface area contributed by atoms with Crippen LogP contribution in [0.15, 0.2) is 72.9 Å². The number of ether oxygens (including phenoxy) is 2. The molecule has 7 nitrogen and oxygen atoms in total. The molecular weight excluding hydrogens is 464 g/mol. The molecule has 4 aromatic rings. The Balaban J connectivity index is 1.65. The third-order valence-electron chi connectivity index (χ3n) is 5.92. The monoisotopic (exact) mass is 492 g/mol. The predicted molar refractivity (Wildman–Crippen MR) is 137 cm³/mol. The lowest BCUT2D eigenvalue weighted by atomic mass is 9.89. The molecule has 0 saturated heterocycles. The van der Waals surface area contributed by atoms with Crippen LogP contribution in [0, 0.1) is 0 Å². The molecule has 0 aliphatic heterocycles. The average Bonchev–Trinajstić information content (AvgIpc) is 3.27. The molecule has 3 aromatic carbocycles. The van der Waals surface area contributed by atoms with E-state index in [1.807, 2.05) is 48.7 Å². The lowest BCUT2D eigenvalue weighted by Crippen LogP contribution is -2.29. The zero-order chi connectivity index (χ0) is 25.0. The van der Waals surface area contributed by atoms with Crippen molar-refractivity contribution in [3.8, 4) is 11.5 Å². The Morgan fingerprint density at radius 1 is 0.943 bits per heavy atom. The number of hydrogen-bond donors (Lipinski definition) is 2. The number of nitrogens with one attached hydrogen (secondary N) is 2. The number of carbonyl (C=O) groups is 1. The average molecular weight is 493 g/mol. The molecule has 0 unspecified atom stereocenters. The van der Waals surface area contributed by atoms with Crippen LogP contribution < -0.4 is 14.8 Å². The lowest BCUT2D eigenvalue weighted by molar-refractivity contribution is 0.0952. The number of methoxy groups -OCH3 is 2. The van der Waals surface area contributed by atoms with Crippen LogP contribution in [-0.2, 0) is 15.6 Å². The number of sulfone groups is 1. The Bertz CT molecular complexity index is 1440. The summed E-state index contributed by atoms with van der Waals surface area (Å²) in [7, 11) is 0.0527. The van der Waals surface area contributed by atoms with Gasteiger partial charge in [-0.05, 0) is 35.4 Å². The molecule has 1 amide bonds. The quantitative estimate of drug-likeness (QED) is 0.363. The van der Waals surface area contributed by atoms with E-state index in [0.717, 1.165) is 22.0 Å². The summed E-state index contributed by atoms with van der Waals surface area (Å²) in [6, 6.07) is 20.3. The number of rotatable bonds is 9. The fourth-order valence-electron chi connectivity index (χ4n) is 4.31. The maximum absolute atomic E-state index is 13.0. The summed E-state index contributed by atoms with van der Waals surface area (Å²) in [4.78, 5) is 16.3. The number of carbonyl (C=O) groups excluding carboxylic acids is 1. The van der Waals surface area contributed by atoms with Crippen molar-refractivity contribution in [1.29, 1.82) is 0 Å². The summed E-state index contributed by atoms with van der Waals surface area (Å²) in [5, 5.41) is 4.10. The topological polar surface area (TPSA) is 97.5 Å². The van der Waals surface area contributed by atoms with Crippen LogP contribution in [-0.4, -0.2) is 46.3 Å². The summed E-state index contributed by atoms with van der Waals surface area (Å²) in [6.45, 7) is 0.315. The molecule has 0 bridgehead atoms. The van der Waals surface area contributed by atoms with Crippen molar-refractivity contribution in [2.24, 2.45) is 0 Å². The van der Waals surface area contributed by atoms with Crippen molar-refractivity contribution in [3.63, 3.8) is 0 Å². The van der Waals surface area contributed by atoms with Gasteiger partial charge in [-0.2, -0.15) is 0 Å². The molecule has 0 aliphatic carbocycles. The van der Waals surface area contributed by atoms with E-state index in [-0.39, 0.29) is 17.6 Å². The molecular formula is C27H28N2O5S. The van der Waals surface area contributed by atoms with E-state index in [1.54, 1.807) is 38.5 Å². The maximum Gasteiger partial charge on any atom is 0.251 e. The molecule has 0 saturated carbocycles. The van der Waals surface area contributed by atoms with Gasteiger partial charge >= 0.3 is 0 Å². The van der Waals surface area contributed by atoms with Crippen molar-refractivity contribution in [2.75, 3.05) is 27.0 Å². The highest BCUT2D eigenvalue weighted by Crippen LogP contribution is 2.40. The van der Waals surface area contributed by atoms with Crippen LogP contribution in [0.4, 0.5) is 0 Å². The number of H-pyrrole nitrogens is 1. The largest absolute Gasteiger partial charge is 0.493 e. The summed E-state index contributed by atoms with van der Waals surface area (Å²) >= 11 is 0. The lowest BCUT2D eigenvalue weighted by Gasteiger charge is -2.22. The third-order valence-corrected chi connectivity index (χ3v) is 6.77. The molecule has 182 valence electrons. The third kappa shape index (κ3) is 5.49. The minimum atomic E-state index is -3.14. The van der Waals surface area contributed by atoms with E-state index in [2.05, 4.69) is 10.3 Å². The molecule has 0 fully saturated rings. The standard InChI is InChI=1S/C27H28N2O5S/c1-33-25-10-6-8-21(26(25)34-2)23(22-15-28-24-9-5-4-7-20(22)24)16-29-27(30)19-13-11-18(12-14-19)17-35(3,31)32/h4-15,23,28H,16-17H2,1-3H3,(H,29,30)/t23-/m0/s1. The van der Waals surface area contributed by atoms with Gasteiger partial charge in [-0.25, -0.2) is 8.42 Å². The molecule has 35 heavy (non-hydrogen) atoms. The van der Waals surface area contributed by atoms with Gasteiger partial charge in [-0.3, -0.25) is 4.79 Å². The van der Waals surface area contributed by atoms with Gasteiger partial charge < -0.3 is 19.8 Å². The molecule has 1 heterocycles. The minimum Gasteiger partial charge on any atom is -0.493 e. The zero-order valence-corrected chi connectivity index (χ0v) is 20.7. The van der Waals surface area contributed by atoms with Crippen molar-refractivity contribution >= 4 is 26.6 Å². The van der Waals surface area contributed by atoms with Gasteiger partial charge in [0.05, 0.1) is 20.0 Å². The number of amides is 1. The number of para-hydroxylation sites is 2. The molecule has 2 N–H and O–H groups in total. The second-order valence-corrected chi connectivity index (χ2v) is 10.5. The van der Waals surface area contributed by atoms with Gasteiger partial charge in [0.25, 0.3) is 5.91 Å².